The number of pyridine rings is 2. The zero-order valence-electron chi connectivity index (χ0n) is 87.0. The van der Waals surface area contributed by atoms with E-state index in [2.05, 4.69) is 37.2 Å². The number of carbonyl (C=O) groups is 18. The Morgan fingerprint density at radius 3 is 1.93 bits per heavy atom. The fraction of sp³-hybridized carbons (Fsp3) is 0.583. The summed E-state index contributed by atoms with van der Waals surface area (Å²) in [7, 11) is 0. The molecule has 5 aliphatic rings. The van der Waals surface area contributed by atoms with Crippen LogP contribution in [0, 0.1) is 46.3 Å². The van der Waals surface area contributed by atoms with E-state index in [4.69, 9.17) is 31.3 Å². The summed E-state index contributed by atoms with van der Waals surface area (Å²) in [5, 5.41) is 57.1. The third-order valence-corrected chi connectivity index (χ3v) is 29.7. The van der Waals surface area contributed by atoms with Crippen LogP contribution in [0.3, 0.4) is 0 Å². The lowest BCUT2D eigenvalue weighted by atomic mass is 9.80. The second-order valence-corrected chi connectivity index (χ2v) is 43.9. The van der Waals surface area contributed by atoms with E-state index < -0.39 is 219 Å². The molecule has 3 saturated heterocycles. The number of imide groups is 1. The number of aryl methyl sites for hydroxylation is 1. The molecule has 39 nitrogen and oxygen atoms in total. The summed E-state index contributed by atoms with van der Waals surface area (Å²) in [6.45, 7) is 19.4. The molecule has 10 rings (SSSR count). The summed E-state index contributed by atoms with van der Waals surface area (Å²) in [6.07, 6.45) is 1.77. The molecule has 804 valence electrons. The van der Waals surface area contributed by atoms with E-state index in [1.54, 1.807) is 102 Å². The number of likely N-dealkylation sites (tertiary alicyclic amines) is 3. The van der Waals surface area contributed by atoms with Gasteiger partial charge < -0.3 is 87.8 Å². The van der Waals surface area contributed by atoms with E-state index >= 15 is 14.4 Å². The molecule has 5 aromatic rings. The number of ether oxygens (including phenoxy) is 2. The van der Waals surface area contributed by atoms with Crippen LogP contribution in [0.25, 0.3) is 22.3 Å². The van der Waals surface area contributed by atoms with Crippen LogP contribution in [0.2, 0.25) is 0 Å². The lowest BCUT2D eigenvalue weighted by Crippen LogP contribution is -2.60. The lowest BCUT2D eigenvalue weighted by Gasteiger charge is -2.38. The summed E-state index contributed by atoms with van der Waals surface area (Å²) in [5.74, 6) is -16.5. The van der Waals surface area contributed by atoms with Gasteiger partial charge in [-0.15, -0.1) is 11.8 Å². The molecule has 0 aliphatic carbocycles. The van der Waals surface area contributed by atoms with Crippen molar-refractivity contribution in [3.05, 3.63) is 123 Å². The Hall–Kier alpha value is -13.1. The maximum Gasteiger partial charge on any atom is 0.355 e. The minimum absolute atomic E-state index is 0.00492. The predicted octanol–water partition coefficient (Wildman–Crippen LogP) is 7.73. The van der Waals surface area contributed by atoms with Gasteiger partial charge in [0.05, 0.1) is 70.9 Å². The molecule has 1 unspecified atom stereocenters. The van der Waals surface area contributed by atoms with Crippen molar-refractivity contribution in [3.8, 4) is 22.9 Å². The number of hydrogen-bond donors (Lipinski definition) is 13. The van der Waals surface area contributed by atoms with Crippen molar-refractivity contribution in [1.29, 1.82) is 5.41 Å². The van der Waals surface area contributed by atoms with Crippen LogP contribution in [0.15, 0.2) is 83.7 Å². The van der Waals surface area contributed by atoms with Crippen molar-refractivity contribution < 1.29 is 111 Å². The molecular formula is C108H147N15O24S. The Kier molecular flexibility index (Phi) is 41.9. The molecule has 148 heavy (non-hydrogen) atoms. The van der Waals surface area contributed by atoms with Crippen LogP contribution in [0.4, 0.5) is 0 Å². The summed E-state index contributed by atoms with van der Waals surface area (Å²) in [5.41, 5.74) is 12.7. The molecule has 40 heteroatoms. The Morgan fingerprint density at radius 2 is 1.28 bits per heavy atom. The normalized spacial score (nSPS) is 18.1. The van der Waals surface area contributed by atoms with Crippen molar-refractivity contribution in [1.82, 2.24) is 61.5 Å². The van der Waals surface area contributed by atoms with E-state index in [9.17, 15) is 92.0 Å². The smallest absolute Gasteiger partial charge is 0.355 e. The molecule has 10 amide bonds. The van der Waals surface area contributed by atoms with Gasteiger partial charge in [-0.3, -0.25) is 96.6 Å². The number of benzene rings is 3. The van der Waals surface area contributed by atoms with Crippen molar-refractivity contribution in [2.24, 2.45) is 52.4 Å². The molecule has 0 radical (unpaired) electrons. The van der Waals surface area contributed by atoms with E-state index in [1.807, 2.05) is 34.6 Å². The van der Waals surface area contributed by atoms with Gasteiger partial charge in [-0.1, -0.05) is 111 Å². The minimum Gasteiger partial charge on any atom is -0.508 e. The predicted molar refractivity (Wildman–Crippen MR) is 550 cm³/mol. The Morgan fingerprint density at radius 1 is 0.635 bits per heavy atom. The molecule has 0 bridgehead atoms. The van der Waals surface area contributed by atoms with E-state index in [0.717, 1.165) is 33.2 Å². The molecule has 3 aromatic carbocycles. The largest absolute Gasteiger partial charge is 0.508 e. The van der Waals surface area contributed by atoms with Crippen LogP contribution >= 0.6 is 11.8 Å². The second kappa shape index (κ2) is 53.1. The van der Waals surface area contributed by atoms with Crippen LogP contribution in [0.5, 0.6) is 11.5 Å². The van der Waals surface area contributed by atoms with Gasteiger partial charge in [0.1, 0.15) is 42.5 Å². The number of amides is 10. The number of nitrogens with two attached hydrogens (primary N) is 2. The van der Waals surface area contributed by atoms with E-state index in [0.29, 0.717) is 79.4 Å². The van der Waals surface area contributed by atoms with Crippen LogP contribution < -0.4 is 54.2 Å². The van der Waals surface area contributed by atoms with Gasteiger partial charge in [0.25, 0.3) is 5.56 Å². The van der Waals surface area contributed by atoms with Crippen molar-refractivity contribution in [2.45, 2.75) is 315 Å². The highest BCUT2D eigenvalue weighted by Crippen LogP contribution is 2.45. The van der Waals surface area contributed by atoms with Gasteiger partial charge in [0.2, 0.25) is 64.7 Å². The van der Waals surface area contributed by atoms with Gasteiger partial charge in [-0.05, 0) is 200 Å². The fourth-order valence-electron chi connectivity index (χ4n) is 20.6. The zero-order chi connectivity index (χ0) is 109. The number of Topliss-reactive ketones (excluding diaryl/α,β-unsaturated/α-hetero) is 5. The number of ketones is 5. The number of guanidine groups is 1. The Bertz CT molecular complexity index is 5820. The standard InChI is InChI=1S/C108H147N15O24S/c1-13-73-74-54-72(127)37-39-78(74)117-93-75(73)59-123-83(93)55-77-76(100(123)140)60-146-104(145)108(77,14-2)147-92(135)58-113-90(133)57-114-96(136)67(46-61(3)4)51-85(129)80(49-64-26-17-15-18-27-64)116-89(132)40-38-70(125)29-19-16-22-43-122-91(134)56-88(101(122)141)148-107(11,12)95(115-63(7)124)102(142)121-45-25-32-82(121)98(138)118-79(30-20-21-41-109)84(128)50-66(28-23-42-112-105(110)111)99(139)120-44-24-31-81(120)86(130)52-68(48-65-33-35-71(126)36-34-65)97(137)119-94(106(8,9)10)87(131)53-69(103(143)144)47-62(5)6/h15,17-18,26-27,33-37,39,54-55,61-62,66-69,79-82,88,94-95,126-127H,13-14,16,19-25,28-32,38,40-53,56-60,109H2,1-12H3,(H,113,133)(H,114,136)(H,115,124)(H,116,132)(H,118,138)(H,119,137)(H,143,144)(H4,110,111,112)/t66-,67-,68-,69-,79+,80+,81+,82+,88?,94-,95-,108+/m1/s1. The van der Waals surface area contributed by atoms with Crippen LogP contribution in [-0.2, 0) is 134 Å². The monoisotopic (exact) mass is 2070 g/mol. The van der Waals surface area contributed by atoms with Crippen LogP contribution in [-0.4, -0.2) is 243 Å². The van der Waals surface area contributed by atoms with E-state index in [-0.39, 0.29) is 188 Å². The van der Waals surface area contributed by atoms with E-state index in [1.165, 1.54) is 39.5 Å². The molecule has 0 spiro atoms. The highest BCUT2D eigenvalue weighted by atomic mass is 32.2. The molecule has 7 heterocycles. The van der Waals surface area contributed by atoms with Crippen molar-refractivity contribution in [3.63, 3.8) is 0 Å². The SMILES string of the molecule is CCc1c2c(nc3ccc(O)cc13)-c1cc3c(c(=O)n1C2)COC(=O)[C@@]3(CC)OC(=O)CNC(=O)CNC(=O)[C@@H](CC(=O)[C@H](Cc1ccccc1)NC(=O)CCC(=O)CCCCCN1C(=O)CC(SC(C)(C)[C@H](NC(C)=O)C(=O)N2CCC[C@H]2C(=O)N[C@@H](CCCCN)C(=O)C[C@@H](CCCNC(=N)N)C(=O)N2CCC[C@H]2C(=O)C[C@@H](Cc2ccc(O)cc2)C(=O)N[C@H](C(=O)C[C@@H](CC(C)C)C(=O)O)C(C)(C)C)C1=O)CC(C)C. The first kappa shape index (κ1) is 117. The quantitative estimate of drug-likeness (QED) is 0.00571. The van der Waals surface area contributed by atoms with Gasteiger partial charge in [-0.25, -0.2) is 9.78 Å². The van der Waals surface area contributed by atoms with Gasteiger partial charge in [-0.2, -0.15) is 0 Å². The van der Waals surface area contributed by atoms with Gasteiger partial charge in [0.15, 0.2) is 29.1 Å². The lowest BCUT2D eigenvalue weighted by molar-refractivity contribution is -0.189. The number of thioether (sulfide) groups is 1. The number of hydrogen-bond acceptors (Lipinski definition) is 27. The number of nitrogens with one attached hydrogen (secondary N) is 8. The number of aliphatic carboxylic acids is 1. The average molecular weight is 2070 g/mol. The summed E-state index contributed by atoms with van der Waals surface area (Å²) in [4.78, 5) is 277. The maximum atomic E-state index is 15.2. The number of cyclic esters (lactones) is 1. The number of carboxylic acid groups (broad SMARTS) is 1. The second-order valence-electron chi connectivity index (χ2n) is 42.1. The zero-order valence-corrected chi connectivity index (χ0v) is 87.8. The molecule has 15 N–H and O–H groups in total. The summed E-state index contributed by atoms with van der Waals surface area (Å²) in [6, 6.07) is 14.1. The maximum absolute atomic E-state index is 15.2. The number of aromatic hydroxyl groups is 2. The number of fused-ring (bicyclic) bond motifs is 5. The molecule has 3 fully saturated rings. The fourth-order valence-corrected chi connectivity index (χ4v) is 22.1. The number of esters is 2. The molecule has 2 aromatic heterocycles. The Labute approximate surface area is 866 Å². The van der Waals surface area contributed by atoms with Gasteiger partial charge >= 0.3 is 17.9 Å². The first-order chi connectivity index (χ1) is 70.1. The highest BCUT2D eigenvalue weighted by molar-refractivity contribution is 8.02. The molecule has 0 saturated carbocycles. The Balaban J connectivity index is 0.699. The summed E-state index contributed by atoms with van der Waals surface area (Å²) < 4.78 is 11.6. The highest BCUT2D eigenvalue weighted by Gasteiger charge is 2.53. The molecular weight excluding hydrogens is 1920 g/mol. The third kappa shape index (κ3) is 31.0. The van der Waals surface area contributed by atoms with Crippen molar-refractivity contribution >= 4 is 135 Å². The first-order valence-electron chi connectivity index (χ1n) is 51.7. The van der Waals surface area contributed by atoms with Crippen LogP contribution in [0.1, 0.15) is 264 Å². The first-order valence-corrected chi connectivity index (χ1v) is 52.6. The van der Waals surface area contributed by atoms with Gasteiger partial charge in [0, 0.05) is 123 Å². The number of aromatic nitrogens is 2. The molecule has 5 aliphatic heterocycles. The molecule has 12 atom stereocenters. The number of carbonyl (C=O) groups excluding carboxylic acids is 17. The average Bonchev–Trinajstić information content (AvgIpc) is 1.56. The summed E-state index contributed by atoms with van der Waals surface area (Å²) >= 11 is 1.01. The van der Waals surface area contributed by atoms with Crippen molar-refractivity contribution in [2.75, 3.05) is 45.8 Å². The topological polar surface area (TPSA) is 591 Å². The third-order valence-electron chi connectivity index (χ3n) is 28.2. The minimum atomic E-state index is -2.10. The number of nitrogens with zero attached hydrogens (tertiary/aromatic N) is 5. The number of phenols is 2. The number of rotatable bonds is 57. The number of phenolic OH excluding ortho intramolecular Hbond substituents is 2. The number of unbranched alkanes of at least 4 members (excludes halogenated alkanes) is 3. The number of carboxylic acids is 1.